The fourth-order valence-corrected chi connectivity index (χ4v) is 2.97. The van der Waals surface area contributed by atoms with Crippen molar-refractivity contribution in [1.29, 1.82) is 0 Å². The molecule has 0 atom stereocenters. The normalized spacial score (nSPS) is 18.1. The number of ether oxygens (including phenoxy) is 1. The molecule has 1 aliphatic rings. The Labute approximate surface area is 132 Å². The maximum atomic E-state index is 12.2. The van der Waals surface area contributed by atoms with Gasteiger partial charge < -0.3 is 4.74 Å². The third-order valence-electron chi connectivity index (χ3n) is 3.40. The van der Waals surface area contributed by atoms with Gasteiger partial charge in [-0.2, -0.15) is 25.9 Å². The second kappa shape index (κ2) is 7.04. The zero-order chi connectivity index (χ0) is 17.1. The van der Waals surface area contributed by atoms with Crippen LogP contribution in [0.3, 0.4) is 0 Å². The highest BCUT2D eigenvalue weighted by atomic mass is 32.2. The minimum absolute atomic E-state index is 0.156. The summed E-state index contributed by atoms with van der Waals surface area (Å²) in [5.74, 6) is 0.156. The van der Waals surface area contributed by atoms with E-state index in [1.807, 2.05) is 4.90 Å². The number of piperazine rings is 1. The van der Waals surface area contributed by atoms with Crippen LogP contribution in [0.25, 0.3) is 0 Å². The molecule has 1 aromatic carbocycles. The van der Waals surface area contributed by atoms with Crippen LogP contribution in [0.15, 0.2) is 24.3 Å². The Bertz CT molecular complexity index is 629. The Morgan fingerprint density at radius 1 is 1.17 bits per heavy atom. The summed E-state index contributed by atoms with van der Waals surface area (Å²) in [7, 11) is -3.67. The van der Waals surface area contributed by atoms with E-state index in [0.29, 0.717) is 32.7 Å². The summed E-state index contributed by atoms with van der Waals surface area (Å²) < 4.78 is 64.8. The number of nitrogens with zero attached hydrogens (tertiary/aromatic N) is 2. The molecule has 1 aromatic rings. The number of hydrogen-bond acceptors (Lipinski definition) is 4. The number of halogens is 3. The molecular formula is C13H18F3N3O3S. The van der Waals surface area contributed by atoms with Gasteiger partial charge in [0, 0.05) is 32.7 Å². The number of alkyl halides is 3. The van der Waals surface area contributed by atoms with Crippen LogP contribution in [0.2, 0.25) is 0 Å². The number of rotatable bonds is 5. The fourth-order valence-electron chi connectivity index (χ4n) is 2.30. The average molecular weight is 353 g/mol. The molecule has 6 nitrogen and oxygen atoms in total. The lowest BCUT2D eigenvalue weighted by Gasteiger charge is -2.32. The molecule has 0 amide bonds. The van der Waals surface area contributed by atoms with Crippen LogP contribution in [0.1, 0.15) is 5.56 Å². The molecule has 1 aliphatic heterocycles. The van der Waals surface area contributed by atoms with Gasteiger partial charge in [0.15, 0.2) is 6.61 Å². The summed E-state index contributed by atoms with van der Waals surface area (Å²) in [6.07, 6.45) is -4.37. The van der Waals surface area contributed by atoms with Crippen LogP contribution < -0.4 is 9.88 Å². The summed E-state index contributed by atoms with van der Waals surface area (Å²) >= 11 is 0. The van der Waals surface area contributed by atoms with Crippen LogP contribution in [-0.2, 0) is 16.8 Å². The second-order valence-electron chi connectivity index (χ2n) is 5.27. The molecule has 1 heterocycles. The maximum Gasteiger partial charge on any atom is 0.422 e. The molecule has 0 aliphatic carbocycles. The maximum absolute atomic E-state index is 12.2. The van der Waals surface area contributed by atoms with Crippen molar-refractivity contribution < 1.29 is 26.3 Å². The van der Waals surface area contributed by atoms with Crippen LogP contribution in [0, 0.1) is 0 Å². The summed E-state index contributed by atoms with van der Waals surface area (Å²) in [5, 5.41) is 5.07. The Balaban J connectivity index is 1.89. The van der Waals surface area contributed by atoms with Crippen molar-refractivity contribution in [3.63, 3.8) is 0 Å². The van der Waals surface area contributed by atoms with E-state index in [0.717, 1.165) is 5.56 Å². The van der Waals surface area contributed by atoms with Gasteiger partial charge in [0.1, 0.15) is 5.75 Å². The minimum Gasteiger partial charge on any atom is -0.484 e. The molecule has 2 N–H and O–H groups in total. The highest BCUT2D eigenvalue weighted by Gasteiger charge is 2.28. The van der Waals surface area contributed by atoms with E-state index in [-0.39, 0.29) is 5.75 Å². The Morgan fingerprint density at radius 2 is 1.83 bits per heavy atom. The average Bonchev–Trinajstić information content (AvgIpc) is 2.44. The highest BCUT2D eigenvalue weighted by Crippen LogP contribution is 2.20. The first kappa shape index (κ1) is 18.0. The molecule has 1 fully saturated rings. The number of benzene rings is 1. The predicted octanol–water partition coefficient (Wildman–Crippen LogP) is 0.949. The summed E-state index contributed by atoms with van der Waals surface area (Å²) in [5.41, 5.74) is 0.800. The summed E-state index contributed by atoms with van der Waals surface area (Å²) in [6, 6.07) is 6.43. The van der Waals surface area contributed by atoms with E-state index >= 15 is 0 Å². The minimum atomic E-state index is -4.37. The quantitative estimate of drug-likeness (QED) is 0.855. The van der Waals surface area contributed by atoms with Gasteiger partial charge in [0.2, 0.25) is 0 Å². The number of nitrogens with two attached hydrogens (primary N) is 1. The summed E-state index contributed by atoms with van der Waals surface area (Å²) in [4.78, 5) is 2.00. The van der Waals surface area contributed by atoms with Crippen molar-refractivity contribution in [2.24, 2.45) is 5.14 Å². The number of hydrogen-bond donors (Lipinski definition) is 1. The molecule has 2 rings (SSSR count). The van der Waals surface area contributed by atoms with Crippen LogP contribution >= 0.6 is 0 Å². The van der Waals surface area contributed by atoms with E-state index in [2.05, 4.69) is 0 Å². The standard InChI is InChI=1S/C13H18F3N3O3S/c14-13(15,16)10-22-12-3-1-2-11(8-12)9-18-4-6-19(7-5-18)23(17,20)21/h1-3,8H,4-7,9-10H2,(H2,17,20,21). The van der Waals surface area contributed by atoms with Gasteiger partial charge in [0.05, 0.1) is 0 Å². The van der Waals surface area contributed by atoms with Gasteiger partial charge in [-0.15, -0.1) is 0 Å². The van der Waals surface area contributed by atoms with E-state index in [1.54, 1.807) is 18.2 Å². The van der Waals surface area contributed by atoms with Gasteiger partial charge in [-0.1, -0.05) is 12.1 Å². The monoisotopic (exact) mass is 353 g/mol. The molecule has 0 radical (unpaired) electrons. The molecular weight excluding hydrogens is 335 g/mol. The van der Waals surface area contributed by atoms with Gasteiger partial charge in [-0.05, 0) is 17.7 Å². The molecule has 0 bridgehead atoms. The SMILES string of the molecule is NS(=O)(=O)N1CCN(Cc2cccc(OCC(F)(F)F)c2)CC1. The topological polar surface area (TPSA) is 75.9 Å². The first-order valence-electron chi connectivity index (χ1n) is 6.92. The Morgan fingerprint density at radius 3 is 2.39 bits per heavy atom. The van der Waals surface area contributed by atoms with Crippen LogP contribution in [-0.4, -0.2) is 56.6 Å². The third-order valence-corrected chi connectivity index (χ3v) is 4.48. The molecule has 0 unspecified atom stereocenters. The van der Waals surface area contributed by atoms with Crippen molar-refractivity contribution in [2.45, 2.75) is 12.7 Å². The Hall–Kier alpha value is -1.36. The molecule has 23 heavy (non-hydrogen) atoms. The third kappa shape index (κ3) is 5.98. The van der Waals surface area contributed by atoms with Gasteiger partial charge >= 0.3 is 6.18 Å². The zero-order valence-electron chi connectivity index (χ0n) is 12.3. The predicted molar refractivity (Wildman–Crippen MR) is 77.9 cm³/mol. The van der Waals surface area contributed by atoms with E-state index in [1.165, 1.54) is 10.4 Å². The molecule has 130 valence electrons. The van der Waals surface area contributed by atoms with Crippen molar-refractivity contribution in [3.8, 4) is 5.75 Å². The van der Waals surface area contributed by atoms with Crippen molar-refractivity contribution in [3.05, 3.63) is 29.8 Å². The molecule has 10 heteroatoms. The first-order valence-corrected chi connectivity index (χ1v) is 8.42. The van der Waals surface area contributed by atoms with Gasteiger partial charge in [0.25, 0.3) is 10.2 Å². The van der Waals surface area contributed by atoms with E-state index in [9.17, 15) is 21.6 Å². The lowest BCUT2D eigenvalue weighted by molar-refractivity contribution is -0.153. The highest BCUT2D eigenvalue weighted by molar-refractivity contribution is 7.86. The first-order chi connectivity index (χ1) is 10.6. The van der Waals surface area contributed by atoms with E-state index < -0.39 is 23.0 Å². The smallest absolute Gasteiger partial charge is 0.422 e. The van der Waals surface area contributed by atoms with Crippen LogP contribution in [0.4, 0.5) is 13.2 Å². The lowest BCUT2D eigenvalue weighted by Crippen LogP contribution is -2.50. The van der Waals surface area contributed by atoms with Crippen molar-refractivity contribution >= 4 is 10.2 Å². The summed E-state index contributed by atoms with van der Waals surface area (Å²) in [6.45, 7) is 0.769. The molecule has 1 saturated heterocycles. The molecule has 0 aromatic heterocycles. The van der Waals surface area contributed by atoms with Crippen molar-refractivity contribution in [2.75, 3.05) is 32.8 Å². The van der Waals surface area contributed by atoms with E-state index in [4.69, 9.17) is 9.88 Å². The fraction of sp³-hybridized carbons (Fsp3) is 0.538. The zero-order valence-corrected chi connectivity index (χ0v) is 13.1. The lowest BCUT2D eigenvalue weighted by atomic mass is 10.2. The molecule has 0 spiro atoms. The van der Waals surface area contributed by atoms with Gasteiger partial charge in [-0.25, -0.2) is 5.14 Å². The van der Waals surface area contributed by atoms with Crippen LogP contribution in [0.5, 0.6) is 5.75 Å². The molecule has 0 saturated carbocycles. The second-order valence-corrected chi connectivity index (χ2v) is 6.82. The van der Waals surface area contributed by atoms with Gasteiger partial charge in [-0.3, -0.25) is 4.90 Å². The largest absolute Gasteiger partial charge is 0.484 e. The van der Waals surface area contributed by atoms with Crippen molar-refractivity contribution in [1.82, 2.24) is 9.21 Å². The Kier molecular flexibility index (Phi) is 5.50.